The third-order valence-electron chi connectivity index (χ3n) is 7.42. The highest BCUT2D eigenvalue weighted by atomic mass is 16.6. The fourth-order valence-corrected chi connectivity index (χ4v) is 5.56. The van der Waals surface area contributed by atoms with Crippen molar-refractivity contribution in [2.24, 2.45) is 0 Å². The number of allylic oxidation sites excluding steroid dienone is 1. The van der Waals surface area contributed by atoms with Crippen LogP contribution in [0.4, 0.5) is 0 Å². The number of nitrogens with one attached hydrogen (secondary N) is 1. The SMILES string of the molecule is [B]C(NC)C(=O)OC1(CC)C(=O)CCC2=C1C=C1c3nc4ccccc4c(CC)c3CN1C2=C. The number of hydrogen-bond donors (Lipinski definition) is 1. The maximum Gasteiger partial charge on any atom is 0.314 e. The molecule has 2 unspecified atom stereocenters. The number of benzene rings is 1. The van der Waals surface area contributed by atoms with E-state index in [1.807, 2.05) is 31.2 Å². The quantitative estimate of drug-likeness (QED) is 0.552. The van der Waals surface area contributed by atoms with Crippen molar-refractivity contribution in [3.05, 3.63) is 70.6 Å². The molecule has 5 rings (SSSR count). The lowest BCUT2D eigenvalue weighted by Crippen LogP contribution is -2.51. The Balaban J connectivity index is 1.70. The summed E-state index contributed by atoms with van der Waals surface area (Å²) in [7, 11) is 7.44. The minimum atomic E-state index is -1.38. The lowest BCUT2D eigenvalue weighted by molar-refractivity contribution is -0.164. The first kappa shape index (κ1) is 22.6. The Morgan fingerprint density at radius 2 is 2.09 bits per heavy atom. The number of ether oxygens (including phenoxy) is 1. The summed E-state index contributed by atoms with van der Waals surface area (Å²) in [4.78, 5) is 33.2. The van der Waals surface area contributed by atoms with Crippen LogP contribution in [-0.4, -0.2) is 48.1 Å². The number of carbonyl (C=O) groups excluding carboxylic acids is 2. The van der Waals surface area contributed by atoms with Crippen LogP contribution in [0.15, 0.2) is 53.8 Å². The standard InChI is InChI=1S/C27H28BN3O3/c1-5-16-18-9-7-8-10-21(18)30-24-19(16)14-31-15(3)17-11-12-23(32)27(6-2,20(17)13-22(24)31)34-26(33)25(28)29-4/h7-10,13,25,29H,3,5-6,11-12,14H2,1-2,4H3. The number of rotatable bonds is 5. The second kappa shape index (κ2) is 8.24. The molecule has 2 aromatic rings. The number of nitrogens with zero attached hydrogens (tertiary/aromatic N) is 2. The summed E-state index contributed by atoms with van der Waals surface area (Å²) < 4.78 is 5.90. The van der Waals surface area contributed by atoms with Gasteiger partial charge >= 0.3 is 5.97 Å². The highest BCUT2D eigenvalue weighted by Gasteiger charge is 2.50. The molecule has 0 fully saturated rings. The van der Waals surface area contributed by atoms with Crippen molar-refractivity contribution in [1.82, 2.24) is 15.2 Å². The lowest BCUT2D eigenvalue weighted by atomic mass is 9.73. The van der Waals surface area contributed by atoms with Crippen molar-refractivity contribution in [3.63, 3.8) is 0 Å². The van der Waals surface area contributed by atoms with E-state index in [1.165, 1.54) is 16.5 Å². The Morgan fingerprint density at radius 3 is 2.79 bits per heavy atom. The van der Waals surface area contributed by atoms with Crippen LogP contribution < -0.4 is 5.32 Å². The van der Waals surface area contributed by atoms with Gasteiger partial charge in [-0.25, -0.2) is 4.98 Å². The minimum Gasteiger partial charge on any atom is -0.445 e. The summed E-state index contributed by atoms with van der Waals surface area (Å²) in [6, 6.07) is 8.19. The van der Waals surface area contributed by atoms with Crippen molar-refractivity contribution < 1.29 is 14.3 Å². The van der Waals surface area contributed by atoms with Crippen molar-refractivity contribution in [2.75, 3.05) is 7.05 Å². The summed E-state index contributed by atoms with van der Waals surface area (Å²) in [6.45, 7) is 9.13. The number of Topliss-reactive ketones (excluding diaryl/α,β-unsaturated/α-hetero) is 1. The fourth-order valence-electron chi connectivity index (χ4n) is 5.56. The number of carbonyl (C=O) groups is 2. The van der Waals surface area contributed by atoms with E-state index in [9.17, 15) is 9.59 Å². The van der Waals surface area contributed by atoms with Crippen molar-refractivity contribution in [1.29, 1.82) is 0 Å². The number of ketones is 1. The number of pyridine rings is 1. The highest BCUT2D eigenvalue weighted by molar-refractivity contribution is 6.23. The van der Waals surface area contributed by atoms with E-state index in [0.717, 1.165) is 34.6 Å². The van der Waals surface area contributed by atoms with E-state index >= 15 is 0 Å². The first-order chi connectivity index (χ1) is 16.4. The normalized spacial score (nSPS) is 22.3. The predicted molar refractivity (Wildman–Crippen MR) is 133 cm³/mol. The minimum absolute atomic E-state index is 0.109. The lowest BCUT2D eigenvalue weighted by Gasteiger charge is -2.42. The van der Waals surface area contributed by atoms with Gasteiger partial charge < -0.3 is 15.0 Å². The monoisotopic (exact) mass is 453 g/mol. The molecular weight excluding hydrogens is 425 g/mol. The zero-order valence-electron chi connectivity index (χ0n) is 19.9. The molecule has 2 aliphatic heterocycles. The third kappa shape index (κ3) is 3.10. The van der Waals surface area contributed by atoms with Gasteiger partial charge in [0.05, 0.1) is 29.4 Å². The van der Waals surface area contributed by atoms with Crippen LogP contribution in [0.1, 0.15) is 49.9 Å². The molecule has 1 aromatic heterocycles. The molecule has 0 saturated carbocycles. The molecular formula is C27H28BN3O3. The Kier molecular flexibility index (Phi) is 5.48. The van der Waals surface area contributed by atoms with Crippen LogP contribution in [0.5, 0.6) is 0 Å². The molecule has 7 heteroatoms. The summed E-state index contributed by atoms with van der Waals surface area (Å²) in [5, 5.41) is 3.86. The van der Waals surface area contributed by atoms with Gasteiger partial charge in [-0.05, 0) is 49.6 Å². The smallest absolute Gasteiger partial charge is 0.314 e. The second-order valence-electron chi connectivity index (χ2n) is 9.03. The van der Waals surface area contributed by atoms with E-state index in [-0.39, 0.29) is 5.78 Å². The largest absolute Gasteiger partial charge is 0.445 e. The molecule has 2 radical (unpaired) electrons. The number of para-hydroxylation sites is 1. The van der Waals surface area contributed by atoms with Gasteiger partial charge in [0, 0.05) is 28.6 Å². The first-order valence-corrected chi connectivity index (χ1v) is 11.9. The van der Waals surface area contributed by atoms with Crippen molar-refractivity contribution in [3.8, 4) is 0 Å². The van der Waals surface area contributed by atoms with E-state index in [4.69, 9.17) is 17.6 Å². The molecule has 0 bridgehead atoms. The van der Waals surface area contributed by atoms with E-state index in [0.29, 0.717) is 31.4 Å². The molecule has 0 saturated heterocycles. The molecule has 172 valence electrons. The zero-order chi connectivity index (χ0) is 24.2. The molecule has 6 nitrogen and oxygen atoms in total. The van der Waals surface area contributed by atoms with Crippen LogP contribution in [0.2, 0.25) is 0 Å². The topological polar surface area (TPSA) is 71.5 Å². The maximum absolute atomic E-state index is 13.3. The third-order valence-corrected chi connectivity index (χ3v) is 7.42. The predicted octanol–water partition coefficient (Wildman–Crippen LogP) is 3.55. The van der Waals surface area contributed by atoms with Crippen LogP contribution in [0.3, 0.4) is 0 Å². The number of fused-ring (bicyclic) bond motifs is 4. The van der Waals surface area contributed by atoms with Gasteiger partial charge in [0.1, 0.15) is 7.85 Å². The van der Waals surface area contributed by atoms with Crippen LogP contribution in [0.25, 0.3) is 16.6 Å². The molecule has 0 spiro atoms. The van der Waals surface area contributed by atoms with Crippen LogP contribution in [-0.2, 0) is 27.3 Å². The van der Waals surface area contributed by atoms with Gasteiger partial charge in [0.15, 0.2) is 11.4 Å². The van der Waals surface area contributed by atoms with Crippen LogP contribution in [0, 0.1) is 0 Å². The number of aromatic nitrogens is 1. The fraction of sp³-hybridized carbons (Fsp3) is 0.370. The average molecular weight is 453 g/mol. The highest BCUT2D eigenvalue weighted by Crippen LogP contribution is 2.50. The average Bonchev–Trinajstić information content (AvgIpc) is 3.22. The van der Waals surface area contributed by atoms with E-state index < -0.39 is 17.5 Å². The van der Waals surface area contributed by atoms with Gasteiger partial charge in [-0.15, -0.1) is 0 Å². The summed E-state index contributed by atoms with van der Waals surface area (Å²) >= 11 is 0. The van der Waals surface area contributed by atoms with Gasteiger partial charge in [-0.3, -0.25) is 9.59 Å². The summed E-state index contributed by atoms with van der Waals surface area (Å²) in [5.74, 6) is -1.77. The molecule has 0 amide bonds. The summed E-state index contributed by atoms with van der Waals surface area (Å²) in [5.41, 5.74) is 6.36. The van der Waals surface area contributed by atoms with Gasteiger partial charge in [-0.2, -0.15) is 0 Å². The molecule has 1 aromatic carbocycles. The Labute approximate surface area is 201 Å². The number of aryl methyl sites for hydroxylation is 1. The number of likely N-dealkylation sites (N-methyl/N-ethyl adjacent to an activating group) is 1. The zero-order valence-corrected chi connectivity index (χ0v) is 19.9. The van der Waals surface area contributed by atoms with Crippen molar-refractivity contribution >= 4 is 36.2 Å². The van der Waals surface area contributed by atoms with E-state index in [2.05, 4.69) is 29.8 Å². The van der Waals surface area contributed by atoms with Crippen LogP contribution >= 0.6 is 0 Å². The Bertz CT molecular complexity index is 1310. The van der Waals surface area contributed by atoms with Gasteiger partial charge in [0.25, 0.3) is 0 Å². The molecule has 1 aliphatic carbocycles. The number of esters is 1. The molecule has 3 heterocycles. The van der Waals surface area contributed by atoms with E-state index in [1.54, 1.807) is 7.05 Å². The van der Waals surface area contributed by atoms with Gasteiger partial charge in [0.2, 0.25) is 0 Å². The molecule has 2 atom stereocenters. The number of hydrogen-bond acceptors (Lipinski definition) is 6. The molecule has 1 N–H and O–H groups in total. The maximum atomic E-state index is 13.3. The Morgan fingerprint density at radius 1 is 1.32 bits per heavy atom. The Hall–Kier alpha value is -3.19. The van der Waals surface area contributed by atoms with Gasteiger partial charge in [-0.1, -0.05) is 38.6 Å². The van der Waals surface area contributed by atoms with Crippen molar-refractivity contribution in [2.45, 2.75) is 57.6 Å². The molecule has 34 heavy (non-hydrogen) atoms. The summed E-state index contributed by atoms with van der Waals surface area (Å²) in [6.07, 6.45) is 4.07. The first-order valence-electron chi connectivity index (χ1n) is 11.9. The molecule has 3 aliphatic rings. The second-order valence-corrected chi connectivity index (χ2v) is 9.03.